The predicted octanol–water partition coefficient (Wildman–Crippen LogP) is 2.33. The van der Waals surface area contributed by atoms with Gasteiger partial charge in [-0.05, 0) is 51.9 Å². The van der Waals surface area contributed by atoms with E-state index in [1.54, 1.807) is 0 Å². The molecule has 20 heavy (non-hydrogen) atoms. The predicted molar refractivity (Wildman–Crippen MR) is 76.9 cm³/mol. The fraction of sp³-hybridized carbons (Fsp3) is 0.667. The lowest BCUT2D eigenvalue weighted by Crippen LogP contribution is -2.38. The molecule has 1 aliphatic heterocycles. The van der Waals surface area contributed by atoms with Gasteiger partial charge in [0, 0.05) is 6.04 Å². The average molecular weight is 280 g/mol. The molecule has 0 bridgehead atoms. The summed E-state index contributed by atoms with van der Waals surface area (Å²) < 4.78 is 5.19. The quantitative estimate of drug-likeness (QED) is 0.750. The van der Waals surface area contributed by atoms with Crippen LogP contribution in [0.1, 0.15) is 48.7 Å². The Hall–Kier alpha value is -1.33. The van der Waals surface area contributed by atoms with Crippen LogP contribution in [0.15, 0.2) is 16.7 Å². The summed E-state index contributed by atoms with van der Waals surface area (Å²) >= 11 is 0. The lowest BCUT2D eigenvalue weighted by atomic mass is 10.0. The highest BCUT2D eigenvalue weighted by atomic mass is 16.4. The summed E-state index contributed by atoms with van der Waals surface area (Å²) in [6.45, 7) is 5.97. The average Bonchev–Trinajstić information content (AvgIpc) is 2.89. The van der Waals surface area contributed by atoms with Crippen molar-refractivity contribution in [2.45, 2.75) is 45.2 Å². The minimum Gasteiger partial charge on any atom is -0.478 e. The van der Waals surface area contributed by atoms with Crippen LogP contribution in [0.5, 0.6) is 0 Å². The van der Waals surface area contributed by atoms with E-state index in [2.05, 4.69) is 17.1 Å². The Labute approximate surface area is 119 Å². The van der Waals surface area contributed by atoms with E-state index in [1.807, 2.05) is 0 Å². The molecule has 1 saturated heterocycles. The monoisotopic (exact) mass is 280 g/mol. The molecule has 0 amide bonds. The highest BCUT2D eigenvalue weighted by Gasteiger charge is 2.17. The van der Waals surface area contributed by atoms with Crippen LogP contribution in [0.2, 0.25) is 0 Å². The van der Waals surface area contributed by atoms with Crippen molar-refractivity contribution in [2.75, 3.05) is 19.6 Å². The lowest BCUT2D eigenvalue weighted by molar-refractivity contribution is 0.0694. The molecule has 0 aliphatic carbocycles. The number of rotatable bonds is 7. The van der Waals surface area contributed by atoms with Crippen LogP contribution in [-0.4, -0.2) is 41.7 Å². The van der Waals surface area contributed by atoms with Crippen LogP contribution >= 0.6 is 0 Å². The minimum atomic E-state index is -0.933. The molecule has 1 aromatic rings. The molecule has 1 unspecified atom stereocenters. The van der Waals surface area contributed by atoms with Crippen molar-refractivity contribution in [3.63, 3.8) is 0 Å². The van der Waals surface area contributed by atoms with E-state index in [9.17, 15) is 4.79 Å². The number of hydrogen-bond acceptors (Lipinski definition) is 4. The molecule has 0 aromatic carbocycles. The van der Waals surface area contributed by atoms with Gasteiger partial charge in [0.05, 0.1) is 12.8 Å². The second-order valence-electron chi connectivity index (χ2n) is 5.47. The highest BCUT2D eigenvalue weighted by molar-refractivity contribution is 5.88. The zero-order valence-corrected chi connectivity index (χ0v) is 12.1. The van der Waals surface area contributed by atoms with Crippen LogP contribution in [0.3, 0.4) is 0 Å². The number of carboxylic acid groups (broad SMARTS) is 1. The van der Waals surface area contributed by atoms with Gasteiger partial charge in [-0.15, -0.1) is 0 Å². The van der Waals surface area contributed by atoms with Crippen molar-refractivity contribution in [2.24, 2.45) is 0 Å². The van der Waals surface area contributed by atoms with Gasteiger partial charge in [0.15, 0.2) is 0 Å². The van der Waals surface area contributed by atoms with E-state index >= 15 is 0 Å². The fourth-order valence-electron chi connectivity index (χ4n) is 2.77. The van der Waals surface area contributed by atoms with Gasteiger partial charge in [0.25, 0.3) is 0 Å². The van der Waals surface area contributed by atoms with Crippen molar-refractivity contribution in [1.29, 1.82) is 0 Å². The molecule has 5 heteroatoms. The number of piperidine rings is 1. The van der Waals surface area contributed by atoms with E-state index in [0.717, 1.165) is 19.5 Å². The molecule has 5 nitrogen and oxygen atoms in total. The molecule has 0 radical (unpaired) electrons. The van der Waals surface area contributed by atoms with E-state index in [0.29, 0.717) is 18.3 Å². The molecule has 1 fully saturated rings. The number of aromatic carboxylic acids is 1. The van der Waals surface area contributed by atoms with Gasteiger partial charge >= 0.3 is 5.97 Å². The van der Waals surface area contributed by atoms with Crippen molar-refractivity contribution in [3.05, 3.63) is 23.7 Å². The molecular formula is C15H24N2O3. The summed E-state index contributed by atoms with van der Waals surface area (Å²) in [5.41, 5.74) is 0.252. The standard InChI is InChI=1S/C15H24N2O3/c1-12-5-2-3-8-17(12)9-4-7-16-11-14-13(15(18)19)6-10-20-14/h6,10,12,16H,2-5,7-9,11H2,1H3,(H,18,19). The number of nitrogens with zero attached hydrogens (tertiary/aromatic N) is 1. The minimum absolute atomic E-state index is 0.252. The maximum Gasteiger partial charge on any atom is 0.339 e. The molecule has 112 valence electrons. The number of nitrogens with one attached hydrogen (secondary N) is 1. The summed E-state index contributed by atoms with van der Waals surface area (Å²) in [7, 11) is 0. The van der Waals surface area contributed by atoms with Crippen LogP contribution in [0.4, 0.5) is 0 Å². The van der Waals surface area contributed by atoms with Gasteiger partial charge in [-0.3, -0.25) is 0 Å². The fourth-order valence-corrected chi connectivity index (χ4v) is 2.77. The molecule has 1 atom stereocenters. The third-order valence-electron chi connectivity index (χ3n) is 4.00. The van der Waals surface area contributed by atoms with Crippen molar-refractivity contribution >= 4 is 5.97 Å². The van der Waals surface area contributed by atoms with Crippen LogP contribution < -0.4 is 5.32 Å². The topological polar surface area (TPSA) is 65.7 Å². The molecular weight excluding hydrogens is 256 g/mol. The second-order valence-corrected chi connectivity index (χ2v) is 5.47. The second kappa shape index (κ2) is 7.45. The van der Waals surface area contributed by atoms with Crippen molar-refractivity contribution in [3.8, 4) is 0 Å². The number of furan rings is 1. The molecule has 2 N–H and O–H groups in total. The van der Waals surface area contributed by atoms with E-state index < -0.39 is 5.97 Å². The Morgan fingerprint density at radius 3 is 3.15 bits per heavy atom. The smallest absolute Gasteiger partial charge is 0.339 e. The van der Waals surface area contributed by atoms with E-state index in [-0.39, 0.29) is 5.56 Å². The van der Waals surface area contributed by atoms with Gasteiger partial charge in [-0.2, -0.15) is 0 Å². The van der Waals surface area contributed by atoms with Crippen molar-refractivity contribution in [1.82, 2.24) is 10.2 Å². The first-order chi connectivity index (χ1) is 9.68. The summed E-state index contributed by atoms with van der Waals surface area (Å²) in [5, 5.41) is 12.2. The number of hydrogen-bond donors (Lipinski definition) is 2. The number of carbonyl (C=O) groups is 1. The Balaban J connectivity index is 1.64. The molecule has 0 spiro atoms. The Morgan fingerprint density at radius 1 is 1.55 bits per heavy atom. The van der Waals surface area contributed by atoms with Gasteiger partial charge in [0.2, 0.25) is 0 Å². The summed E-state index contributed by atoms with van der Waals surface area (Å²) in [6.07, 6.45) is 6.48. The molecule has 0 saturated carbocycles. The SMILES string of the molecule is CC1CCCCN1CCCNCc1occc1C(=O)O. The highest BCUT2D eigenvalue weighted by Crippen LogP contribution is 2.16. The Kier molecular flexibility index (Phi) is 5.61. The zero-order chi connectivity index (χ0) is 14.4. The third-order valence-corrected chi connectivity index (χ3v) is 4.00. The third kappa shape index (κ3) is 4.08. The normalized spacial score (nSPS) is 20.1. The lowest BCUT2D eigenvalue weighted by Gasteiger charge is -2.33. The first kappa shape index (κ1) is 15.1. The Morgan fingerprint density at radius 2 is 2.40 bits per heavy atom. The van der Waals surface area contributed by atoms with Gasteiger partial charge in [-0.25, -0.2) is 4.79 Å². The molecule has 2 heterocycles. The maximum absolute atomic E-state index is 10.9. The van der Waals surface area contributed by atoms with Gasteiger partial charge < -0.3 is 19.7 Å². The van der Waals surface area contributed by atoms with Gasteiger partial charge in [-0.1, -0.05) is 6.42 Å². The molecule has 1 aliphatic rings. The van der Waals surface area contributed by atoms with Crippen LogP contribution in [0.25, 0.3) is 0 Å². The summed E-state index contributed by atoms with van der Waals surface area (Å²) in [4.78, 5) is 13.5. The first-order valence-electron chi connectivity index (χ1n) is 7.43. The summed E-state index contributed by atoms with van der Waals surface area (Å²) in [6, 6.07) is 2.20. The van der Waals surface area contributed by atoms with E-state index in [4.69, 9.17) is 9.52 Å². The molecule has 2 rings (SSSR count). The summed E-state index contributed by atoms with van der Waals surface area (Å²) in [5.74, 6) is -0.429. The maximum atomic E-state index is 10.9. The largest absolute Gasteiger partial charge is 0.478 e. The van der Waals surface area contributed by atoms with Crippen LogP contribution in [-0.2, 0) is 6.54 Å². The van der Waals surface area contributed by atoms with Crippen molar-refractivity contribution < 1.29 is 14.3 Å². The first-order valence-corrected chi connectivity index (χ1v) is 7.43. The van der Waals surface area contributed by atoms with E-state index in [1.165, 1.54) is 38.1 Å². The number of carboxylic acids is 1. The Bertz CT molecular complexity index is 431. The molecule has 1 aromatic heterocycles. The van der Waals surface area contributed by atoms with Crippen LogP contribution in [0, 0.1) is 0 Å². The number of likely N-dealkylation sites (tertiary alicyclic amines) is 1. The van der Waals surface area contributed by atoms with Gasteiger partial charge in [0.1, 0.15) is 11.3 Å². The zero-order valence-electron chi connectivity index (χ0n) is 12.1.